The van der Waals surface area contributed by atoms with Gasteiger partial charge in [0, 0.05) is 38.1 Å². The zero-order valence-corrected chi connectivity index (χ0v) is 16.8. The summed E-state index contributed by atoms with van der Waals surface area (Å²) < 4.78 is 0. The van der Waals surface area contributed by atoms with Crippen LogP contribution in [-0.2, 0) is 0 Å². The van der Waals surface area contributed by atoms with Crippen LogP contribution in [0.5, 0.6) is 0 Å². The molecule has 1 aromatic carbocycles. The number of hydrogen-bond donors (Lipinski definition) is 1. The van der Waals surface area contributed by atoms with Crippen molar-refractivity contribution in [2.45, 2.75) is 13.8 Å². The first-order valence-electron chi connectivity index (χ1n) is 9.86. The number of benzene rings is 1. The number of anilines is 3. The Morgan fingerprint density at radius 2 is 1.69 bits per heavy atom. The van der Waals surface area contributed by atoms with Crippen LogP contribution in [0.2, 0.25) is 0 Å². The maximum Gasteiger partial charge on any atom is 0.272 e. The second kappa shape index (κ2) is 8.31. The Morgan fingerprint density at radius 1 is 0.897 bits per heavy atom. The van der Waals surface area contributed by atoms with Crippen molar-refractivity contribution in [1.82, 2.24) is 14.9 Å². The molecule has 3 heterocycles. The maximum atomic E-state index is 12.8. The lowest BCUT2D eigenvalue weighted by Gasteiger charge is -2.35. The summed E-state index contributed by atoms with van der Waals surface area (Å²) in [6, 6.07) is 15.8. The third-order valence-corrected chi connectivity index (χ3v) is 5.32. The first-order chi connectivity index (χ1) is 14.1. The average Bonchev–Trinajstić information content (AvgIpc) is 2.77. The number of pyridine rings is 2. The van der Waals surface area contributed by atoms with E-state index in [0.717, 1.165) is 30.3 Å². The van der Waals surface area contributed by atoms with Crippen molar-refractivity contribution in [3.63, 3.8) is 0 Å². The van der Waals surface area contributed by atoms with Crippen molar-refractivity contribution in [2.24, 2.45) is 0 Å². The Bertz CT molecular complexity index is 980. The fraction of sp³-hybridized carbons (Fsp3) is 0.261. The van der Waals surface area contributed by atoms with Gasteiger partial charge in [-0.2, -0.15) is 0 Å². The quantitative estimate of drug-likeness (QED) is 0.738. The Hall–Kier alpha value is -3.41. The van der Waals surface area contributed by atoms with Gasteiger partial charge in [-0.3, -0.25) is 4.79 Å². The van der Waals surface area contributed by atoms with Crippen LogP contribution in [0.3, 0.4) is 0 Å². The molecule has 0 atom stereocenters. The largest absolute Gasteiger partial charge is 0.354 e. The van der Waals surface area contributed by atoms with Crippen molar-refractivity contribution >= 4 is 23.1 Å². The third-order valence-electron chi connectivity index (χ3n) is 5.32. The molecule has 1 N–H and O–H groups in total. The average molecular weight is 387 g/mol. The minimum absolute atomic E-state index is 0.0246. The number of aryl methyl sites for hydroxylation is 2. The van der Waals surface area contributed by atoms with Gasteiger partial charge in [0.05, 0.1) is 11.9 Å². The van der Waals surface area contributed by atoms with Crippen LogP contribution in [0, 0.1) is 13.8 Å². The number of nitrogens with zero attached hydrogens (tertiary/aromatic N) is 4. The molecule has 148 valence electrons. The first-order valence-corrected chi connectivity index (χ1v) is 9.86. The summed E-state index contributed by atoms with van der Waals surface area (Å²) in [7, 11) is 0. The van der Waals surface area contributed by atoms with Gasteiger partial charge in [0.1, 0.15) is 11.5 Å². The van der Waals surface area contributed by atoms with Crippen molar-refractivity contribution in [3.8, 4) is 0 Å². The minimum Gasteiger partial charge on any atom is -0.354 e. The Kier molecular flexibility index (Phi) is 5.42. The fourth-order valence-corrected chi connectivity index (χ4v) is 3.42. The molecule has 0 spiro atoms. The molecule has 0 radical (unpaired) electrons. The molecule has 0 saturated carbocycles. The van der Waals surface area contributed by atoms with Crippen LogP contribution in [0.4, 0.5) is 17.2 Å². The van der Waals surface area contributed by atoms with Gasteiger partial charge in [0.15, 0.2) is 0 Å². The van der Waals surface area contributed by atoms with Gasteiger partial charge in [-0.15, -0.1) is 0 Å². The second-order valence-corrected chi connectivity index (χ2v) is 7.32. The monoisotopic (exact) mass is 387 g/mol. The summed E-state index contributed by atoms with van der Waals surface area (Å²) in [5.74, 6) is 0.933. The smallest absolute Gasteiger partial charge is 0.272 e. The Morgan fingerprint density at radius 3 is 2.34 bits per heavy atom. The van der Waals surface area contributed by atoms with Gasteiger partial charge >= 0.3 is 0 Å². The van der Waals surface area contributed by atoms with Crippen LogP contribution in [0.1, 0.15) is 21.6 Å². The summed E-state index contributed by atoms with van der Waals surface area (Å²) in [5.41, 5.74) is 4.85. The number of carbonyl (C=O) groups excluding carboxylic acids is 1. The standard InChI is InChI=1S/C23H25N5O/c1-17-6-7-19(15-18(17)2)26-20-8-9-21(25-16-20)23(29)28-13-11-27(12-14-28)22-5-3-4-10-24-22/h3-10,15-16,26H,11-14H2,1-2H3. The molecule has 2 aromatic heterocycles. The highest BCUT2D eigenvalue weighted by atomic mass is 16.2. The molecule has 29 heavy (non-hydrogen) atoms. The highest BCUT2D eigenvalue weighted by Crippen LogP contribution is 2.20. The number of amides is 1. The molecule has 6 heteroatoms. The van der Waals surface area contributed by atoms with E-state index in [1.165, 1.54) is 11.1 Å². The number of nitrogens with one attached hydrogen (secondary N) is 1. The van der Waals surface area contributed by atoms with Crippen molar-refractivity contribution in [3.05, 3.63) is 77.7 Å². The van der Waals surface area contributed by atoms with E-state index >= 15 is 0 Å². The number of rotatable bonds is 4. The van der Waals surface area contributed by atoms with E-state index in [0.29, 0.717) is 18.8 Å². The molecule has 1 aliphatic rings. The molecule has 1 saturated heterocycles. The van der Waals surface area contributed by atoms with Gasteiger partial charge in [0.2, 0.25) is 0 Å². The Balaban J connectivity index is 1.36. The number of aromatic nitrogens is 2. The Labute approximate surface area is 171 Å². The molecule has 0 aliphatic carbocycles. The molecular weight excluding hydrogens is 362 g/mol. The fourth-order valence-electron chi connectivity index (χ4n) is 3.42. The SMILES string of the molecule is Cc1ccc(Nc2ccc(C(=O)N3CCN(c4ccccn4)CC3)nc2)cc1C. The molecule has 6 nitrogen and oxygen atoms in total. The molecule has 0 bridgehead atoms. The summed E-state index contributed by atoms with van der Waals surface area (Å²) in [6.45, 7) is 7.06. The number of piperazine rings is 1. The van der Waals surface area contributed by atoms with Crippen molar-refractivity contribution in [2.75, 3.05) is 36.4 Å². The van der Waals surface area contributed by atoms with Crippen LogP contribution >= 0.6 is 0 Å². The van der Waals surface area contributed by atoms with Crippen LogP contribution in [0.25, 0.3) is 0 Å². The van der Waals surface area contributed by atoms with Gasteiger partial charge < -0.3 is 15.1 Å². The predicted molar refractivity (Wildman–Crippen MR) is 116 cm³/mol. The zero-order valence-electron chi connectivity index (χ0n) is 16.8. The van der Waals surface area contributed by atoms with Crippen LogP contribution in [0.15, 0.2) is 60.9 Å². The second-order valence-electron chi connectivity index (χ2n) is 7.32. The summed E-state index contributed by atoms with van der Waals surface area (Å²) >= 11 is 0. The molecule has 3 aromatic rings. The van der Waals surface area contributed by atoms with Crippen molar-refractivity contribution in [1.29, 1.82) is 0 Å². The number of hydrogen-bond acceptors (Lipinski definition) is 5. The predicted octanol–water partition coefficient (Wildman–Crippen LogP) is 3.80. The van der Waals surface area contributed by atoms with Gasteiger partial charge in [-0.05, 0) is 61.4 Å². The summed E-state index contributed by atoms with van der Waals surface area (Å²) in [5, 5.41) is 3.34. The summed E-state index contributed by atoms with van der Waals surface area (Å²) in [4.78, 5) is 25.6. The number of carbonyl (C=O) groups is 1. The van der Waals surface area contributed by atoms with Gasteiger partial charge in [-0.25, -0.2) is 9.97 Å². The first kappa shape index (κ1) is 18.9. The van der Waals surface area contributed by atoms with E-state index in [4.69, 9.17) is 0 Å². The summed E-state index contributed by atoms with van der Waals surface area (Å²) in [6.07, 6.45) is 3.51. The van der Waals surface area contributed by atoms with E-state index in [1.807, 2.05) is 35.2 Å². The van der Waals surface area contributed by atoms with E-state index in [9.17, 15) is 4.79 Å². The molecular formula is C23H25N5O. The normalized spacial score (nSPS) is 14.0. The van der Waals surface area contributed by atoms with E-state index in [1.54, 1.807) is 18.5 Å². The molecule has 1 amide bonds. The highest BCUT2D eigenvalue weighted by Gasteiger charge is 2.23. The van der Waals surface area contributed by atoms with E-state index in [2.05, 4.69) is 46.2 Å². The third kappa shape index (κ3) is 4.37. The van der Waals surface area contributed by atoms with Gasteiger partial charge in [-0.1, -0.05) is 12.1 Å². The van der Waals surface area contributed by atoms with Crippen LogP contribution < -0.4 is 10.2 Å². The van der Waals surface area contributed by atoms with Crippen LogP contribution in [-0.4, -0.2) is 47.0 Å². The minimum atomic E-state index is -0.0246. The maximum absolute atomic E-state index is 12.8. The molecule has 1 fully saturated rings. The van der Waals surface area contributed by atoms with E-state index in [-0.39, 0.29) is 5.91 Å². The zero-order chi connectivity index (χ0) is 20.2. The molecule has 0 unspecified atom stereocenters. The lowest BCUT2D eigenvalue weighted by atomic mass is 10.1. The lowest BCUT2D eigenvalue weighted by Crippen LogP contribution is -2.49. The molecule has 1 aliphatic heterocycles. The topological polar surface area (TPSA) is 61.4 Å². The lowest BCUT2D eigenvalue weighted by molar-refractivity contribution is 0.0740. The van der Waals surface area contributed by atoms with Gasteiger partial charge in [0.25, 0.3) is 5.91 Å². The highest BCUT2D eigenvalue weighted by molar-refractivity contribution is 5.92. The molecule has 4 rings (SSSR count). The van der Waals surface area contributed by atoms with E-state index < -0.39 is 0 Å². The van der Waals surface area contributed by atoms with Crippen molar-refractivity contribution < 1.29 is 4.79 Å².